The molecule has 0 N–H and O–H groups in total. The summed E-state index contributed by atoms with van der Waals surface area (Å²) in [6.45, 7) is 0. The van der Waals surface area contributed by atoms with Gasteiger partial charge in [0.25, 0.3) is 5.69 Å². The van der Waals surface area contributed by atoms with Gasteiger partial charge in [0.1, 0.15) is 4.90 Å². The van der Waals surface area contributed by atoms with E-state index in [0.29, 0.717) is 16.1 Å². The molecule has 3 aromatic rings. The van der Waals surface area contributed by atoms with E-state index in [4.69, 9.17) is 25.3 Å². The van der Waals surface area contributed by atoms with E-state index >= 15 is 0 Å². The van der Waals surface area contributed by atoms with Crippen LogP contribution >= 0.6 is 11.6 Å². The van der Waals surface area contributed by atoms with Crippen molar-refractivity contribution in [1.29, 1.82) is 0 Å². The molecule has 1 heterocycles. The van der Waals surface area contributed by atoms with Gasteiger partial charge in [0.2, 0.25) is 5.90 Å². The molecule has 0 saturated heterocycles. The van der Waals surface area contributed by atoms with Gasteiger partial charge in [-0.1, -0.05) is 29.8 Å². The van der Waals surface area contributed by atoms with Crippen molar-refractivity contribution in [1.82, 2.24) is 0 Å². The first-order chi connectivity index (χ1) is 16.7. The van der Waals surface area contributed by atoms with Gasteiger partial charge in [0.15, 0.2) is 17.2 Å². The third kappa shape index (κ3) is 5.31. The second-order valence-corrected chi connectivity index (χ2v) is 9.03. The minimum atomic E-state index is -4.39. The van der Waals surface area contributed by atoms with Crippen LogP contribution in [0, 0.1) is 10.1 Å². The molecular weight excluding hydrogens is 500 g/mol. The number of esters is 1. The summed E-state index contributed by atoms with van der Waals surface area (Å²) in [5, 5.41) is 11.4. The summed E-state index contributed by atoms with van der Waals surface area (Å²) >= 11 is 5.97. The van der Waals surface area contributed by atoms with E-state index in [0.717, 1.165) is 12.1 Å². The smallest absolute Gasteiger partial charge is 0.363 e. The van der Waals surface area contributed by atoms with E-state index in [1.807, 2.05) is 0 Å². The highest BCUT2D eigenvalue weighted by atomic mass is 35.5. The number of non-ortho nitro benzene ring substituents is 1. The van der Waals surface area contributed by atoms with Crippen molar-refractivity contribution in [3.63, 3.8) is 0 Å². The minimum Gasteiger partial charge on any atom is -0.493 e. The average Bonchev–Trinajstić information content (AvgIpc) is 3.20. The molecule has 10 nitrogen and oxygen atoms in total. The number of nitrogens with zero attached hydrogens (tertiary/aromatic N) is 2. The first-order valence-corrected chi connectivity index (χ1v) is 11.6. The molecule has 0 spiro atoms. The van der Waals surface area contributed by atoms with Gasteiger partial charge in [-0.25, -0.2) is 9.79 Å². The van der Waals surface area contributed by atoms with Crippen LogP contribution in [0.15, 0.2) is 82.3 Å². The quantitative estimate of drug-likeness (QED) is 0.149. The lowest BCUT2D eigenvalue weighted by Crippen LogP contribution is -2.10. The fourth-order valence-corrected chi connectivity index (χ4v) is 4.24. The molecule has 0 saturated carbocycles. The van der Waals surface area contributed by atoms with E-state index in [-0.39, 0.29) is 23.1 Å². The molecule has 12 heteroatoms. The molecule has 0 radical (unpaired) electrons. The van der Waals surface area contributed by atoms with Crippen LogP contribution in [0.4, 0.5) is 5.69 Å². The maximum Gasteiger partial charge on any atom is 0.363 e. The van der Waals surface area contributed by atoms with Crippen LogP contribution in [0.3, 0.4) is 0 Å². The molecule has 0 bridgehead atoms. The van der Waals surface area contributed by atoms with Crippen LogP contribution in [-0.4, -0.2) is 32.3 Å². The fourth-order valence-electron chi connectivity index (χ4n) is 3.07. The monoisotopic (exact) mass is 514 g/mol. The number of carbonyl (C=O) groups is 1. The van der Waals surface area contributed by atoms with Gasteiger partial charge >= 0.3 is 16.1 Å². The third-order valence-electron chi connectivity index (χ3n) is 4.70. The molecule has 1 aliphatic rings. The fraction of sp³-hybridized carbons (Fsp3) is 0.0435. The van der Waals surface area contributed by atoms with Gasteiger partial charge in [-0.05, 0) is 48.0 Å². The molecular formula is C23H15ClN2O8S. The first kappa shape index (κ1) is 23.9. The summed E-state index contributed by atoms with van der Waals surface area (Å²) < 4.78 is 40.9. The lowest BCUT2D eigenvalue weighted by atomic mass is 10.1. The normalized spacial score (nSPS) is 14.4. The Kier molecular flexibility index (Phi) is 6.54. The van der Waals surface area contributed by atoms with E-state index in [1.54, 1.807) is 24.3 Å². The molecule has 0 aliphatic carbocycles. The molecule has 0 fully saturated rings. The number of rotatable bonds is 7. The highest BCUT2D eigenvalue weighted by molar-refractivity contribution is 7.87. The number of benzene rings is 3. The summed E-state index contributed by atoms with van der Waals surface area (Å²) in [4.78, 5) is 26.3. The van der Waals surface area contributed by atoms with E-state index in [1.165, 1.54) is 43.5 Å². The van der Waals surface area contributed by atoms with Gasteiger partial charge < -0.3 is 13.7 Å². The van der Waals surface area contributed by atoms with Crippen molar-refractivity contribution in [2.75, 3.05) is 7.11 Å². The Morgan fingerprint density at radius 3 is 2.54 bits per heavy atom. The molecule has 0 amide bonds. The van der Waals surface area contributed by atoms with Gasteiger partial charge in [-0.2, -0.15) is 8.42 Å². The van der Waals surface area contributed by atoms with Crippen LogP contribution in [-0.2, 0) is 19.6 Å². The second-order valence-electron chi connectivity index (χ2n) is 7.05. The van der Waals surface area contributed by atoms with Crippen LogP contribution in [0.5, 0.6) is 11.5 Å². The Morgan fingerprint density at radius 2 is 1.83 bits per heavy atom. The first-order valence-electron chi connectivity index (χ1n) is 9.82. The van der Waals surface area contributed by atoms with E-state index in [9.17, 15) is 23.3 Å². The summed E-state index contributed by atoms with van der Waals surface area (Å²) in [5.41, 5.74) is 0.594. The van der Waals surface area contributed by atoms with Crippen LogP contribution in [0.2, 0.25) is 5.02 Å². The summed E-state index contributed by atoms with van der Waals surface area (Å²) in [6, 6.07) is 15.4. The number of ether oxygens (including phenoxy) is 2. The largest absolute Gasteiger partial charge is 0.493 e. The Bertz CT molecular complexity index is 1520. The lowest BCUT2D eigenvalue weighted by Gasteiger charge is -2.11. The van der Waals surface area contributed by atoms with E-state index < -0.39 is 31.6 Å². The minimum absolute atomic E-state index is 0.0138. The number of nitro groups is 1. The summed E-state index contributed by atoms with van der Waals surface area (Å²) in [6.07, 6.45) is 1.43. The predicted molar refractivity (Wildman–Crippen MR) is 126 cm³/mol. The maximum absolute atomic E-state index is 12.6. The molecule has 4 rings (SSSR count). The molecule has 178 valence electrons. The van der Waals surface area contributed by atoms with Gasteiger partial charge in [0.05, 0.1) is 12.0 Å². The molecule has 0 atom stereocenters. The second kappa shape index (κ2) is 9.57. The number of aliphatic imine (C=N–C) groups is 1. The lowest BCUT2D eigenvalue weighted by molar-refractivity contribution is -0.385. The van der Waals surface area contributed by atoms with Gasteiger partial charge in [0, 0.05) is 22.7 Å². The molecule has 1 aliphatic heterocycles. The van der Waals surface area contributed by atoms with E-state index in [2.05, 4.69) is 4.99 Å². The zero-order valence-corrected chi connectivity index (χ0v) is 19.4. The SMILES string of the molecule is COc1cc(C=C2N=C(c3cccc(Cl)c3)OC2=O)ccc1OS(=O)(=O)c1cccc([N+](=O)[O-])c1. The average molecular weight is 515 g/mol. The zero-order chi connectivity index (χ0) is 25.2. The number of cyclic esters (lactones) is 1. The Hall–Kier alpha value is -4.22. The highest BCUT2D eigenvalue weighted by Crippen LogP contribution is 2.32. The number of halogens is 1. The number of hydrogen-bond donors (Lipinski definition) is 0. The molecule has 0 unspecified atom stereocenters. The maximum atomic E-state index is 12.6. The van der Waals surface area contributed by atoms with Gasteiger partial charge in [-0.3, -0.25) is 10.1 Å². The van der Waals surface area contributed by atoms with Crippen LogP contribution in [0.25, 0.3) is 6.08 Å². The summed E-state index contributed by atoms with van der Waals surface area (Å²) in [5.74, 6) is -0.691. The standard InChI is InChI=1S/C23H15ClN2O8S/c1-32-21-11-14(10-19-23(27)33-22(25-19)15-4-2-5-16(24)12-15)8-9-20(21)34-35(30,31)18-7-3-6-17(13-18)26(28)29/h2-13H,1H3. The van der Waals surface area contributed by atoms with Crippen molar-refractivity contribution >= 4 is 45.3 Å². The molecule has 35 heavy (non-hydrogen) atoms. The Labute approximate surface area is 204 Å². The van der Waals surface area contributed by atoms with Gasteiger partial charge in [-0.15, -0.1) is 0 Å². The summed E-state index contributed by atoms with van der Waals surface area (Å²) in [7, 11) is -3.09. The molecule has 0 aromatic heterocycles. The predicted octanol–water partition coefficient (Wildman–Crippen LogP) is 4.37. The van der Waals surface area contributed by atoms with Crippen molar-refractivity contribution < 1.29 is 31.8 Å². The number of carbonyl (C=O) groups excluding carboxylic acids is 1. The Balaban J connectivity index is 1.61. The van der Waals surface area contributed by atoms with Crippen LogP contribution < -0.4 is 8.92 Å². The topological polar surface area (TPSA) is 134 Å². The number of nitro benzene ring substituents is 1. The van der Waals surface area contributed by atoms with Crippen LogP contribution in [0.1, 0.15) is 11.1 Å². The molecule has 3 aromatic carbocycles. The Morgan fingerprint density at radius 1 is 1.06 bits per heavy atom. The number of methoxy groups -OCH3 is 1. The third-order valence-corrected chi connectivity index (χ3v) is 6.17. The number of hydrogen-bond acceptors (Lipinski definition) is 9. The highest BCUT2D eigenvalue weighted by Gasteiger charge is 2.25. The van der Waals surface area contributed by atoms with Crippen molar-refractivity contribution in [2.24, 2.45) is 4.99 Å². The zero-order valence-electron chi connectivity index (χ0n) is 17.9. The van der Waals surface area contributed by atoms with Crippen molar-refractivity contribution in [3.8, 4) is 11.5 Å². The van der Waals surface area contributed by atoms with Crippen molar-refractivity contribution in [2.45, 2.75) is 4.90 Å². The van der Waals surface area contributed by atoms with Crippen molar-refractivity contribution in [3.05, 3.63) is 98.7 Å².